The number of methoxy groups -OCH3 is 2. The molecule has 1 aromatic heterocycles. The number of benzene rings is 2. The molecule has 0 aliphatic carbocycles. The van der Waals surface area contributed by atoms with E-state index in [1.165, 1.54) is 14.2 Å². The predicted molar refractivity (Wildman–Crippen MR) is 137 cm³/mol. The van der Waals surface area contributed by atoms with Gasteiger partial charge in [-0.1, -0.05) is 6.07 Å². The third-order valence-corrected chi connectivity index (χ3v) is 6.22. The van der Waals surface area contributed by atoms with Crippen LogP contribution >= 0.6 is 0 Å². The lowest BCUT2D eigenvalue weighted by molar-refractivity contribution is 0.0793. The van der Waals surface area contributed by atoms with E-state index in [9.17, 15) is 9.59 Å². The molecule has 3 aromatic rings. The third-order valence-electron chi connectivity index (χ3n) is 6.22. The van der Waals surface area contributed by atoms with Crippen LogP contribution in [-0.4, -0.2) is 49.0 Å². The molecule has 1 N–H and O–H groups in total. The summed E-state index contributed by atoms with van der Waals surface area (Å²) < 4.78 is 16.8. The number of aromatic nitrogens is 1. The second-order valence-electron chi connectivity index (χ2n) is 8.80. The van der Waals surface area contributed by atoms with E-state index in [0.717, 1.165) is 35.3 Å². The van der Waals surface area contributed by atoms with Crippen LogP contribution in [0.1, 0.15) is 50.2 Å². The maximum Gasteiger partial charge on any atom is 0.256 e. The van der Waals surface area contributed by atoms with Crippen molar-refractivity contribution in [3.63, 3.8) is 0 Å². The Morgan fingerprint density at radius 3 is 2.28 bits per heavy atom. The fraction of sp³-hybridized carbons (Fsp3) is 0.321. The van der Waals surface area contributed by atoms with Crippen molar-refractivity contribution in [3.05, 3.63) is 76.6 Å². The van der Waals surface area contributed by atoms with Crippen LogP contribution in [0.2, 0.25) is 0 Å². The Hall–Kier alpha value is -4.07. The number of likely N-dealkylation sites (tertiary alicyclic amines) is 1. The lowest BCUT2D eigenvalue weighted by Gasteiger charge is -2.20. The van der Waals surface area contributed by atoms with Crippen molar-refractivity contribution in [2.45, 2.75) is 33.3 Å². The van der Waals surface area contributed by atoms with Gasteiger partial charge in [0, 0.05) is 42.7 Å². The Morgan fingerprint density at radius 2 is 1.67 bits per heavy atom. The zero-order valence-corrected chi connectivity index (χ0v) is 21.1. The van der Waals surface area contributed by atoms with Crippen molar-refractivity contribution >= 4 is 17.5 Å². The number of nitrogens with one attached hydrogen (secondary N) is 1. The molecule has 1 aliphatic heterocycles. The van der Waals surface area contributed by atoms with E-state index in [2.05, 4.69) is 10.3 Å². The van der Waals surface area contributed by atoms with Crippen molar-refractivity contribution in [3.8, 4) is 17.2 Å². The van der Waals surface area contributed by atoms with Crippen LogP contribution in [0.5, 0.6) is 17.2 Å². The summed E-state index contributed by atoms with van der Waals surface area (Å²) in [4.78, 5) is 32.5. The highest BCUT2D eigenvalue weighted by Gasteiger charge is 2.25. The molecular weight excluding hydrogens is 458 g/mol. The topological polar surface area (TPSA) is 90.0 Å². The molecule has 0 bridgehead atoms. The molecule has 0 spiro atoms. The summed E-state index contributed by atoms with van der Waals surface area (Å²) in [7, 11) is 3.03. The van der Waals surface area contributed by atoms with E-state index < -0.39 is 0 Å². The molecular formula is C28H31N3O5. The normalized spacial score (nSPS) is 12.8. The van der Waals surface area contributed by atoms with Gasteiger partial charge in [0.15, 0.2) is 11.5 Å². The number of nitrogens with zero attached hydrogens (tertiary/aromatic N) is 2. The zero-order valence-electron chi connectivity index (χ0n) is 21.1. The Labute approximate surface area is 211 Å². The average Bonchev–Trinajstić information content (AvgIpc) is 3.43. The third kappa shape index (κ3) is 5.43. The molecule has 0 unspecified atom stereocenters. The highest BCUT2D eigenvalue weighted by atomic mass is 16.5. The monoisotopic (exact) mass is 489 g/mol. The molecule has 0 radical (unpaired) electrons. The van der Waals surface area contributed by atoms with E-state index >= 15 is 0 Å². The predicted octanol–water partition coefficient (Wildman–Crippen LogP) is 4.78. The Bertz CT molecular complexity index is 1230. The Morgan fingerprint density at radius 1 is 1.00 bits per heavy atom. The van der Waals surface area contributed by atoms with E-state index in [1.54, 1.807) is 41.6 Å². The SMILES string of the molecule is COc1cc(NC(=O)c2cc(C)c(OCc3cccnc3)c(C)c2)c(C(=O)N2CCCC2)cc1OC. The van der Waals surface area contributed by atoms with Crippen molar-refractivity contribution in [2.75, 3.05) is 32.6 Å². The molecule has 1 saturated heterocycles. The van der Waals surface area contributed by atoms with Gasteiger partial charge in [0.1, 0.15) is 12.4 Å². The van der Waals surface area contributed by atoms with Crippen LogP contribution in [0.25, 0.3) is 0 Å². The Balaban J connectivity index is 1.59. The van der Waals surface area contributed by atoms with Crippen LogP contribution < -0.4 is 19.5 Å². The molecule has 36 heavy (non-hydrogen) atoms. The van der Waals surface area contributed by atoms with Gasteiger partial charge in [0.25, 0.3) is 11.8 Å². The van der Waals surface area contributed by atoms with Gasteiger partial charge >= 0.3 is 0 Å². The maximum absolute atomic E-state index is 13.3. The molecule has 2 amide bonds. The summed E-state index contributed by atoms with van der Waals surface area (Å²) in [5, 5.41) is 2.92. The molecule has 2 heterocycles. The summed E-state index contributed by atoms with van der Waals surface area (Å²) in [5.74, 6) is 1.11. The summed E-state index contributed by atoms with van der Waals surface area (Å²) in [6, 6.07) is 10.6. The van der Waals surface area contributed by atoms with E-state index in [4.69, 9.17) is 14.2 Å². The van der Waals surface area contributed by atoms with Crippen LogP contribution in [0, 0.1) is 13.8 Å². The molecule has 188 valence electrons. The van der Waals surface area contributed by atoms with Crippen LogP contribution in [-0.2, 0) is 6.61 Å². The first-order valence-corrected chi connectivity index (χ1v) is 11.9. The highest BCUT2D eigenvalue weighted by molar-refractivity contribution is 6.09. The summed E-state index contributed by atoms with van der Waals surface area (Å²) in [6.45, 7) is 5.58. The molecule has 1 aliphatic rings. The van der Waals surface area contributed by atoms with Gasteiger partial charge in [-0.25, -0.2) is 0 Å². The molecule has 8 nitrogen and oxygen atoms in total. The molecule has 2 aromatic carbocycles. The van der Waals surface area contributed by atoms with Gasteiger partial charge in [0.2, 0.25) is 0 Å². The number of rotatable bonds is 8. The van der Waals surface area contributed by atoms with Gasteiger partial charge in [0.05, 0.1) is 25.5 Å². The zero-order chi connectivity index (χ0) is 25.7. The number of aryl methyl sites for hydroxylation is 2. The maximum atomic E-state index is 13.3. The number of anilines is 1. The van der Waals surface area contributed by atoms with Gasteiger partial charge in [-0.15, -0.1) is 0 Å². The lowest BCUT2D eigenvalue weighted by atomic mass is 10.0. The number of ether oxygens (including phenoxy) is 3. The first-order chi connectivity index (χ1) is 17.4. The quantitative estimate of drug-likeness (QED) is 0.490. The van der Waals surface area contributed by atoms with Crippen LogP contribution in [0.15, 0.2) is 48.8 Å². The van der Waals surface area contributed by atoms with Crippen LogP contribution in [0.3, 0.4) is 0 Å². The fourth-order valence-corrected chi connectivity index (χ4v) is 4.39. The molecule has 0 atom stereocenters. The molecule has 0 saturated carbocycles. The van der Waals surface area contributed by atoms with Gasteiger partial charge < -0.3 is 24.4 Å². The number of carbonyl (C=O) groups excluding carboxylic acids is 2. The van der Waals surface area contributed by atoms with Crippen LogP contribution in [0.4, 0.5) is 5.69 Å². The highest BCUT2D eigenvalue weighted by Crippen LogP contribution is 2.35. The van der Waals surface area contributed by atoms with Gasteiger partial charge in [-0.3, -0.25) is 14.6 Å². The molecule has 1 fully saturated rings. The van der Waals surface area contributed by atoms with E-state index in [-0.39, 0.29) is 11.8 Å². The first-order valence-electron chi connectivity index (χ1n) is 11.9. The van der Waals surface area contributed by atoms with Crippen molar-refractivity contribution in [2.24, 2.45) is 0 Å². The fourth-order valence-electron chi connectivity index (χ4n) is 4.39. The minimum Gasteiger partial charge on any atom is -0.493 e. The average molecular weight is 490 g/mol. The Kier molecular flexibility index (Phi) is 7.73. The standard InChI is InChI=1S/C28H31N3O5/c1-18-12-21(13-19(2)26(18)36-17-20-8-7-9-29-16-20)27(32)30-23-15-25(35-4)24(34-3)14-22(23)28(33)31-10-5-6-11-31/h7-9,12-16H,5-6,10-11,17H2,1-4H3,(H,30,32). The summed E-state index contributed by atoms with van der Waals surface area (Å²) in [5.41, 5.74) is 3.85. The number of amides is 2. The molecule has 8 heteroatoms. The summed E-state index contributed by atoms with van der Waals surface area (Å²) in [6.07, 6.45) is 5.41. The smallest absolute Gasteiger partial charge is 0.256 e. The van der Waals surface area contributed by atoms with E-state index in [0.29, 0.717) is 48.0 Å². The largest absolute Gasteiger partial charge is 0.493 e. The lowest BCUT2D eigenvalue weighted by Crippen LogP contribution is -2.29. The number of hydrogen-bond donors (Lipinski definition) is 1. The minimum atomic E-state index is -0.331. The van der Waals surface area contributed by atoms with E-state index in [1.807, 2.05) is 26.0 Å². The summed E-state index contributed by atoms with van der Waals surface area (Å²) >= 11 is 0. The second kappa shape index (κ2) is 11.1. The number of pyridine rings is 1. The number of hydrogen-bond acceptors (Lipinski definition) is 6. The van der Waals surface area contributed by atoms with Crippen molar-refractivity contribution in [1.29, 1.82) is 0 Å². The van der Waals surface area contributed by atoms with Crippen molar-refractivity contribution in [1.82, 2.24) is 9.88 Å². The number of carbonyl (C=O) groups is 2. The van der Waals surface area contributed by atoms with Gasteiger partial charge in [-0.05, 0) is 62.1 Å². The van der Waals surface area contributed by atoms with Crippen molar-refractivity contribution < 1.29 is 23.8 Å². The second-order valence-corrected chi connectivity index (χ2v) is 8.80. The minimum absolute atomic E-state index is 0.143. The van der Waals surface area contributed by atoms with Gasteiger partial charge in [-0.2, -0.15) is 0 Å². The molecule has 4 rings (SSSR count). The first kappa shape index (κ1) is 25.0.